The van der Waals surface area contributed by atoms with E-state index < -0.39 is 35.7 Å². The normalized spacial score (nSPS) is 15.6. The summed E-state index contributed by atoms with van der Waals surface area (Å²) in [6.07, 6.45) is 0.203. The summed E-state index contributed by atoms with van der Waals surface area (Å²) in [5.41, 5.74) is 0.998. The molecule has 10 heteroatoms. The summed E-state index contributed by atoms with van der Waals surface area (Å²) in [7, 11) is 1.53. The van der Waals surface area contributed by atoms with Gasteiger partial charge in [-0.05, 0) is 61.9 Å². The smallest absolute Gasteiger partial charge is 0.338 e. The van der Waals surface area contributed by atoms with Crippen LogP contribution in [0.3, 0.4) is 0 Å². The number of methoxy groups -OCH3 is 1. The van der Waals surface area contributed by atoms with Gasteiger partial charge in [0.25, 0.3) is 5.91 Å². The number of hydrogen-bond acceptors (Lipinski definition) is 6. The zero-order valence-electron chi connectivity index (χ0n) is 19.0. The molecular weight excluding hydrogens is 445 g/mol. The van der Waals surface area contributed by atoms with Crippen LogP contribution in [0.25, 0.3) is 0 Å². The second-order valence-corrected chi connectivity index (χ2v) is 7.54. The number of esters is 1. The van der Waals surface area contributed by atoms with Crippen LogP contribution in [0.1, 0.15) is 30.1 Å². The molecule has 9 nitrogen and oxygen atoms in total. The van der Waals surface area contributed by atoms with Crippen molar-refractivity contribution in [2.75, 3.05) is 37.1 Å². The Morgan fingerprint density at radius 2 is 1.74 bits per heavy atom. The van der Waals surface area contributed by atoms with Crippen LogP contribution in [0, 0.1) is 5.82 Å². The van der Waals surface area contributed by atoms with Crippen LogP contribution in [0.4, 0.5) is 20.6 Å². The molecule has 1 aliphatic heterocycles. The topological polar surface area (TPSA) is 105 Å². The Balaban J connectivity index is 1.73. The summed E-state index contributed by atoms with van der Waals surface area (Å²) >= 11 is 0. The second-order valence-electron chi connectivity index (χ2n) is 7.54. The molecule has 180 valence electrons. The van der Waals surface area contributed by atoms with Crippen molar-refractivity contribution < 1.29 is 33.0 Å². The largest absolute Gasteiger partial charge is 0.462 e. The van der Waals surface area contributed by atoms with Crippen molar-refractivity contribution in [1.82, 2.24) is 4.90 Å². The molecule has 2 aromatic carbocycles. The first kappa shape index (κ1) is 24.8. The zero-order valence-corrected chi connectivity index (χ0v) is 19.0. The third kappa shape index (κ3) is 5.76. The van der Waals surface area contributed by atoms with Gasteiger partial charge in [0.15, 0.2) is 0 Å². The van der Waals surface area contributed by atoms with E-state index in [4.69, 9.17) is 9.47 Å². The van der Waals surface area contributed by atoms with Crippen LogP contribution in [0.15, 0.2) is 48.5 Å². The summed E-state index contributed by atoms with van der Waals surface area (Å²) in [6.45, 7) is 2.54. The van der Waals surface area contributed by atoms with Crippen molar-refractivity contribution in [1.29, 1.82) is 0 Å². The van der Waals surface area contributed by atoms with Crippen LogP contribution in [0.2, 0.25) is 0 Å². The molecule has 4 amide bonds. The molecule has 1 saturated heterocycles. The van der Waals surface area contributed by atoms with Gasteiger partial charge < -0.3 is 19.7 Å². The number of imide groups is 1. The average molecular weight is 471 g/mol. The molecule has 0 spiro atoms. The monoisotopic (exact) mass is 471 g/mol. The number of ether oxygens (including phenoxy) is 2. The predicted molar refractivity (Wildman–Crippen MR) is 122 cm³/mol. The van der Waals surface area contributed by atoms with E-state index in [1.807, 2.05) is 0 Å². The highest BCUT2D eigenvalue weighted by atomic mass is 19.1. The zero-order chi connectivity index (χ0) is 24.7. The van der Waals surface area contributed by atoms with Gasteiger partial charge in [-0.1, -0.05) is 0 Å². The fourth-order valence-corrected chi connectivity index (χ4v) is 3.59. The third-order valence-electron chi connectivity index (χ3n) is 5.21. The van der Waals surface area contributed by atoms with Crippen molar-refractivity contribution in [3.05, 3.63) is 59.9 Å². The minimum absolute atomic E-state index is 0.211. The van der Waals surface area contributed by atoms with Gasteiger partial charge in [-0.2, -0.15) is 0 Å². The van der Waals surface area contributed by atoms with Gasteiger partial charge in [-0.3, -0.25) is 9.59 Å². The SMILES string of the molecule is CCOC(=O)c1ccc(NC(=O)C[C@H]2C(=O)N(c3ccc(F)cc3)C(=O)N2CCCOC)cc1. The maximum Gasteiger partial charge on any atom is 0.338 e. The van der Waals surface area contributed by atoms with E-state index in [1.165, 1.54) is 36.3 Å². The van der Waals surface area contributed by atoms with Gasteiger partial charge in [0.2, 0.25) is 5.91 Å². The highest BCUT2D eigenvalue weighted by Crippen LogP contribution is 2.27. The molecule has 0 radical (unpaired) electrons. The first-order chi connectivity index (χ1) is 16.3. The summed E-state index contributed by atoms with van der Waals surface area (Å²) in [5, 5.41) is 2.68. The Morgan fingerprint density at radius 1 is 1.06 bits per heavy atom. The van der Waals surface area contributed by atoms with E-state index in [-0.39, 0.29) is 25.3 Å². The van der Waals surface area contributed by atoms with Crippen LogP contribution >= 0.6 is 0 Å². The number of carbonyl (C=O) groups is 4. The van der Waals surface area contributed by atoms with Gasteiger partial charge in [0.1, 0.15) is 11.9 Å². The summed E-state index contributed by atoms with van der Waals surface area (Å²) in [6, 6.07) is 9.53. The highest BCUT2D eigenvalue weighted by Gasteiger charge is 2.46. The number of nitrogens with zero attached hydrogens (tertiary/aromatic N) is 2. The molecule has 2 aromatic rings. The quantitative estimate of drug-likeness (QED) is 0.324. The Labute approximate surface area is 196 Å². The number of rotatable bonds is 10. The van der Waals surface area contributed by atoms with E-state index in [1.54, 1.807) is 19.1 Å². The lowest BCUT2D eigenvalue weighted by Crippen LogP contribution is -2.38. The number of urea groups is 1. The number of halogens is 1. The molecule has 1 heterocycles. The molecule has 1 N–H and O–H groups in total. The van der Waals surface area contributed by atoms with E-state index in [9.17, 15) is 23.6 Å². The lowest BCUT2D eigenvalue weighted by atomic mass is 10.1. The number of carbonyl (C=O) groups excluding carboxylic acids is 4. The molecule has 1 fully saturated rings. The molecule has 0 aliphatic carbocycles. The molecule has 0 aromatic heterocycles. The lowest BCUT2D eigenvalue weighted by molar-refractivity contribution is -0.124. The molecule has 1 atom stereocenters. The average Bonchev–Trinajstić information content (AvgIpc) is 3.04. The van der Waals surface area contributed by atoms with Crippen molar-refractivity contribution in [3.8, 4) is 0 Å². The predicted octanol–water partition coefficient (Wildman–Crippen LogP) is 3.20. The maximum absolute atomic E-state index is 13.3. The van der Waals surface area contributed by atoms with Crippen LogP contribution in [0.5, 0.6) is 0 Å². The summed E-state index contributed by atoms with van der Waals surface area (Å²) < 4.78 is 23.3. The minimum atomic E-state index is -1.02. The Morgan fingerprint density at radius 3 is 2.35 bits per heavy atom. The van der Waals surface area contributed by atoms with E-state index in [0.29, 0.717) is 24.3 Å². The van der Waals surface area contributed by atoms with Gasteiger partial charge in [-0.15, -0.1) is 0 Å². The van der Waals surface area contributed by atoms with E-state index in [2.05, 4.69) is 5.32 Å². The Hall–Kier alpha value is -3.79. The van der Waals surface area contributed by atoms with Gasteiger partial charge >= 0.3 is 12.0 Å². The fraction of sp³-hybridized carbons (Fsp3) is 0.333. The van der Waals surface area contributed by atoms with E-state index >= 15 is 0 Å². The third-order valence-corrected chi connectivity index (χ3v) is 5.21. The van der Waals surface area contributed by atoms with Crippen LogP contribution < -0.4 is 10.2 Å². The van der Waals surface area contributed by atoms with Gasteiger partial charge in [-0.25, -0.2) is 18.9 Å². The molecule has 0 saturated carbocycles. The number of benzene rings is 2. The molecule has 3 rings (SSSR count). The van der Waals surface area contributed by atoms with Crippen LogP contribution in [-0.2, 0) is 19.1 Å². The molecule has 34 heavy (non-hydrogen) atoms. The van der Waals surface area contributed by atoms with Crippen molar-refractivity contribution in [2.24, 2.45) is 0 Å². The second kappa shape index (κ2) is 11.4. The minimum Gasteiger partial charge on any atom is -0.462 e. The maximum atomic E-state index is 13.3. The first-order valence-electron chi connectivity index (χ1n) is 10.8. The van der Waals surface area contributed by atoms with Crippen molar-refractivity contribution in [3.63, 3.8) is 0 Å². The molecule has 0 bridgehead atoms. The van der Waals surface area contributed by atoms with Crippen LogP contribution in [-0.4, -0.2) is 61.6 Å². The standard InChI is InChI=1S/C24H26FN3O6/c1-3-34-23(31)16-5-9-18(10-6-16)26-21(29)15-20-22(30)28(19-11-7-17(25)8-12-19)24(32)27(20)13-4-14-33-2/h5-12,20H,3-4,13-15H2,1-2H3,(H,26,29)/t20-/m0/s1. The van der Waals surface area contributed by atoms with Gasteiger partial charge in [0.05, 0.1) is 24.3 Å². The number of amides is 4. The number of anilines is 2. The summed E-state index contributed by atoms with van der Waals surface area (Å²) in [5.74, 6) is -2.01. The number of hydrogen-bond donors (Lipinski definition) is 1. The fourth-order valence-electron chi connectivity index (χ4n) is 3.59. The Bertz CT molecular complexity index is 1040. The first-order valence-corrected chi connectivity index (χ1v) is 10.8. The van der Waals surface area contributed by atoms with Crippen molar-refractivity contribution >= 4 is 35.2 Å². The van der Waals surface area contributed by atoms with E-state index in [0.717, 1.165) is 17.0 Å². The Kier molecular flexibility index (Phi) is 8.31. The number of nitrogens with one attached hydrogen (secondary N) is 1. The molecule has 1 aliphatic rings. The molecular formula is C24H26FN3O6. The molecule has 0 unspecified atom stereocenters. The summed E-state index contributed by atoms with van der Waals surface area (Å²) in [4.78, 5) is 52.9. The van der Waals surface area contributed by atoms with Crippen molar-refractivity contribution in [2.45, 2.75) is 25.8 Å². The lowest BCUT2D eigenvalue weighted by Gasteiger charge is -2.21. The highest BCUT2D eigenvalue weighted by molar-refractivity contribution is 6.22. The van der Waals surface area contributed by atoms with Gasteiger partial charge in [0, 0.05) is 25.9 Å².